The van der Waals surface area contributed by atoms with Gasteiger partial charge in [0, 0.05) is 21.6 Å². The van der Waals surface area contributed by atoms with Crippen molar-refractivity contribution in [1.82, 2.24) is 4.90 Å². The summed E-state index contributed by atoms with van der Waals surface area (Å²) in [5.41, 5.74) is 0.0691. The third-order valence-corrected chi connectivity index (χ3v) is 2.68. The molecule has 2 aromatic carbocycles. The van der Waals surface area contributed by atoms with Gasteiger partial charge in [0.1, 0.15) is 6.10 Å². The molecule has 0 saturated carbocycles. The molecule has 1 atom stereocenters. The Balaban J connectivity index is 0.00000578. The minimum Gasteiger partial charge on any atom is -0.367 e. The van der Waals surface area contributed by atoms with E-state index in [0.29, 0.717) is 0 Å². The second-order valence-electron chi connectivity index (χ2n) is 4.05. The van der Waals surface area contributed by atoms with E-state index in [1.54, 1.807) is 18.2 Å². The van der Waals surface area contributed by atoms with E-state index >= 15 is 0 Å². The summed E-state index contributed by atoms with van der Waals surface area (Å²) in [6, 6.07) is 13.4. The van der Waals surface area contributed by atoms with Crippen molar-refractivity contribution in [2.45, 2.75) is 20.4 Å². The molecule has 2 nitrogen and oxygen atoms in total. The predicted octanol–water partition coefficient (Wildman–Crippen LogP) is 4.30. The average Bonchev–Trinajstić information content (AvgIpc) is 2.63. The van der Waals surface area contributed by atoms with E-state index in [0.717, 1.165) is 0 Å². The zero-order valence-electron chi connectivity index (χ0n) is 23.6. The van der Waals surface area contributed by atoms with Gasteiger partial charge in [0.05, 0.1) is 9.30 Å². The van der Waals surface area contributed by atoms with Crippen molar-refractivity contribution in [3.8, 4) is 0 Å². The molecule has 0 heterocycles. The topological polar surface area (TPSA) is 12.5 Å². The fraction of sp³-hybridized carbons (Fsp3) is 0.368. The van der Waals surface area contributed by atoms with Gasteiger partial charge in [-0.2, -0.15) is 0 Å². The van der Waals surface area contributed by atoms with Crippen molar-refractivity contribution in [2.24, 2.45) is 0 Å². The average molecular weight is 299 g/mol. The smallest absolute Gasteiger partial charge is 0.108 e. The molecular weight excluding hydrogens is 258 g/mol. The van der Waals surface area contributed by atoms with Crippen LogP contribution in [-0.2, 0) is 4.74 Å². The molecule has 0 radical (unpaired) electrons. The highest BCUT2D eigenvalue weighted by atomic mass is 16.5. The first-order chi connectivity index (χ1) is 14.8. The van der Waals surface area contributed by atoms with Gasteiger partial charge in [-0.3, -0.25) is 0 Å². The normalized spacial score (nSPS) is 24.3. The monoisotopic (exact) mass is 298 g/mol. The molecule has 0 aliphatic carbocycles. The summed E-state index contributed by atoms with van der Waals surface area (Å²) in [6.07, 6.45) is -1.50. The van der Waals surface area contributed by atoms with Crippen LogP contribution in [0.4, 0.5) is 0 Å². The summed E-state index contributed by atoms with van der Waals surface area (Å²) in [7, 11) is 0. The number of nitrogens with zero attached hydrogens (tertiary/aromatic N) is 1. The Labute approximate surface area is 147 Å². The molecule has 2 heteroatoms. The molecular formula is C19H27NO. The van der Waals surface area contributed by atoms with Gasteiger partial charge < -0.3 is 9.64 Å². The Bertz CT molecular complexity index is 922. The van der Waals surface area contributed by atoms with Crippen molar-refractivity contribution in [3.05, 3.63) is 71.3 Å². The molecule has 2 aromatic rings. The maximum absolute atomic E-state index is 8.26. The van der Waals surface area contributed by atoms with Crippen molar-refractivity contribution in [3.63, 3.8) is 0 Å². The molecule has 0 aromatic heterocycles. The minimum atomic E-state index is -3.68. The van der Waals surface area contributed by atoms with Crippen molar-refractivity contribution < 1.29 is 22.6 Å². The summed E-state index contributed by atoms with van der Waals surface area (Å²) in [6.45, 7) is -16.9. The highest BCUT2D eigenvalue weighted by molar-refractivity contribution is 5.35. The highest BCUT2D eigenvalue weighted by Gasteiger charge is 2.16. The molecule has 0 bridgehead atoms. The maximum atomic E-state index is 8.26. The van der Waals surface area contributed by atoms with Crippen LogP contribution in [0.15, 0.2) is 54.6 Å². The third kappa shape index (κ3) is 5.00. The quantitative estimate of drug-likeness (QED) is 0.788. The molecule has 21 heavy (non-hydrogen) atoms. The maximum Gasteiger partial charge on any atom is 0.108 e. The molecule has 0 aliphatic rings. The standard InChI is InChI=1S/C18H23NO.CH4/c1-15-9-7-8-12-17(15)18(20-14-13-19(2)3)16-10-5-4-6-11-16;/h4-12,18H,13-14H2,1-3H3;1H4/i1D3,2D3,3D3,13D2,14D2;. The van der Waals surface area contributed by atoms with Gasteiger partial charge in [-0.15, -0.1) is 0 Å². The molecule has 0 fully saturated rings. The van der Waals surface area contributed by atoms with Gasteiger partial charge in [0.25, 0.3) is 0 Å². The number of rotatable bonds is 6. The van der Waals surface area contributed by atoms with Gasteiger partial charge >= 0.3 is 0 Å². The summed E-state index contributed by atoms with van der Waals surface area (Å²) < 4.78 is 107. The Morgan fingerprint density at radius 1 is 1.10 bits per heavy atom. The molecule has 114 valence electrons. The fourth-order valence-corrected chi connectivity index (χ4v) is 1.80. The largest absolute Gasteiger partial charge is 0.367 e. The molecule has 2 rings (SSSR count). The van der Waals surface area contributed by atoms with Crippen LogP contribution in [0.2, 0.25) is 0 Å². The first-order valence-electron chi connectivity index (χ1n) is 12.4. The Kier molecular flexibility index (Phi) is 2.55. The molecule has 0 saturated heterocycles. The van der Waals surface area contributed by atoms with E-state index in [4.69, 9.17) is 22.6 Å². The summed E-state index contributed by atoms with van der Waals surface area (Å²) in [5, 5.41) is 0. The van der Waals surface area contributed by atoms with Crippen molar-refractivity contribution in [2.75, 3.05) is 27.0 Å². The van der Waals surface area contributed by atoms with E-state index in [-0.39, 0.29) is 24.1 Å². The number of likely N-dealkylation sites (N-methyl/N-ethyl adjacent to an activating group) is 1. The molecule has 1 unspecified atom stereocenters. The number of ether oxygens (including phenoxy) is 1. The summed E-state index contributed by atoms with van der Waals surface area (Å²) in [5.74, 6) is 0. The fourth-order valence-electron chi connectivity index (χ4n) is 1.80. The van der Waals surface area contributed by atoms with Crippen LogP contribution in [0.5, 0.6) is 0 Å². The number of aryl methyl sites for hydroxylation is 1. The summed E-state index contributed by atoms with van der Waals surface area (Å²) in [4.78, 5) is -0.537. The molecule has 0 N–H and O–H groups in total. The van der Waals surface area contributed by atoms with Crippen LogP contribution >= 0.6 is 0 Å². The lowest BCUT2D eigenvalue weighted by Crippen LogP contribution is -2.20. The summed E-state index contributed by atoms with van der Waals surface area (Å²) >= 11 is 0. The van der Waals surface area contributed by atoms with Gasteiger partial charge in [-0.05, 0) is 37.5 Å². The minimum absolute atomic E-state index is 0. The molecule has 0 spiro atoms. The zero-order chi connectivity index (χ0) is 25.5. The number of hydrogen-bond acceptors (Lipinski definition) is 2. The third-order valence-electron chi connectivity index (χ3n) is 2.68. The van der Waals surface area contributed by atoms with Crippen LogP contribution < -0.4 is 0 Å². The number of benzene rings is 2. The van der Waals surface area contributed by atoms with E-state index in [1.807, 2.05) is 0 Å². The van der Waals surface area contributed by atoms with Crippen LogP contribution in [0.1, 0.15) is 48.0 Å². The lowest BCUT2D eigenvalue weighted by Gasteiger charge is -2.22. The number of hydrogen-bond donors (Lipinski definition) is 0. The Morgan fingerprint density at radius 3 is 2.52 bits per heavy atom. The van der Waals surface area contributed by atoms with Gasteiger partial charge in [0.15, 0.2) is 0 Å². The first kappa shape index (κ1) is 6.23. The van der Waals surface area contributed by atoms with E-state index < -0.39 is 44.9 Å². The second kappa shape index (κ2) is 8.60. The zero-order valence-corrected chi connectivity index (χ0v) is 10.6. The van der Waals surface area contributed by atoms with Gasteiger partial charge in [-0.25, -0.2) is 0 Å². The van der Waals surface area contributed by atoms with Crippen LogP contribution in [0, 0.1) is 6.85 Å². The van der Waals surface area contributed by atoms with Crippen molar-refractivity contribution in [1.29, 1.82) is 0 Å². The first-order valence-corrected chi connectivity index (χ1v) is 5.93. The van der Waals surface area contributed by atoms with E-state index in [2.05, 4.69) is 0 Å². The van der Waals surface area contributed by atoms with Crippen LogP contribution in [0.25, 0.3) is 0 Å². The van der Waals surface area contributed by atoms with Crippen LogP contribution in [0.3, 0.4) is 0 Å². The lowest BCUT2D eigenvalue weighted by molar-refractivity contribution is 0.0683. The molecule has 0 amide bonds. The molecule has 0 aliphatic heterocycles. The van der Waals surface area contributed by atoms with Gasteiger partial charge in [-0.1, -0.05) is 62.0 Å². The van der Waals surface area contributed by atoms with Crippen LogP contribution in [-0.4, -0.2) is 31.9 Å². The van der Waals surface area contributed by atoms with Crippen molar-refractivity contribution >= 4 is 0 Å². The van der Waals surface area contributed by atoms with E-state index in [1.165, 1.54) is 36.4 Å². The van der Waals surface area contributed by atoms with Gasteiger partial charge in [0.2, 0.25) is 0 Å². The SMILES string of the molecule is C.[2H]C([2H])([2H])c1ccccc1C(OC([2H])([2H])C([2H])([2H])N(C([2H])([2H])[2H])C([2H])([2H])[2H])c1ccccc1. The highest BCUT2D eigenvalue weighted by Crippen LogP contribution is 2.28. The predicted molar refractivity (Wildman–Crippen MR) is 90.7 cm³/mol. The Morgan fingerprint density at radius 2 is 1.81 bits per heavy atom. The lowest BCUT2D eigenvalue weighted by atomic mass is 9.97. The van der Waals surface area contributed by atoms with E-state index in [9.17, 15) is 0 Å². The second-order valence-corrected chi connectivity index (χ2v) is 4.05. The Hall–Kier alpha value is -1.64.